The average molecular weight is 521 g/mol. The maximum Gasteiger partial charge on any atom is 0.350 e. The molecule has 1 aromatic heterocycles. The van der Waals surface area contributed by atoms with Gasteiger partial charge in [0.15, 0.2) is 0 Å². The van der Waals surface area contributed by atoms with Crippen molar-refractivity contribution in [3.8, 4) is 11.1 Å². The van der Waals surface area contributed by atoms with E-state index in [1.54, 1.807) is 33.4 Å². The highest BCUT2D eigenvalue weighted by molar-refractivity contribution is 7.99. The monoisotopic (exact) mass is 520 g/mol. The van der Waals surface area contributed by atoms with Gasteiger partial charge in [-0.1, -0.05) is 18.7 Å². The summed E-state index contributed by atoms with van der Waals surface area (Å²) in [6.07, 6.45) is 3.65. The molecule has 9 heteroatoms. The number of ether oxygens (including phenoxy) is 1. The predicted octanol–water partition coefficient (Wildman–Crippen LogP) is 4.00. The Hall–Kier alpha value is -3.17. The Kier molecular flexibility index (Phi) is 6.28. The number of thioether (sulfide) groups is 1. The second kappa shape index (κ2) is 9.61. The smallest absolute Gasteiger partial charge is 0.350 e. The van der Waals surface area contributed by atoms with E-state index in [1.165, 1.54) is 18.2 Å². The highest BCUT2D eigenvalue weighted by Crippen LogP contribution is 2.44. The van der Waals surface area contributed by atoms with Crippen molar-refractivity contribution in [2.75, 3.05) is 36.8 Å². The Labute approximate surface area is 218 Å². The molecule has 0 radical (unpaired) electrons. The first-order valence-electron chi connectivity index (χ1n) is 12.7. The third-order valence-corrected chi connectivity index (χ3v) is 8.53. The zero-order chi connectivity index (χ0) is 25.7. The van der Waals surface area contributed by atoms with Crippen LogP contribution < -0.4 is 10.6 Å². The molecule has 3 heterocycles. The first-order valence-corrected chi connectivity index (χ1v) is 13.7. The van der Waals surface area contributed by atoms with Gasteiger partial charge in [0.1, 0.15) is 11.6 Å². The van der Waals surface area contributed by atoms with Gasteiger partial charge in [0.05, 0.1) is 24.3 Å². The van der Waals surface area contributed by atoms with Crippen LogP contribution in [0.2, 0.25) is 0 Å². The molecule has 0 spiro atoms. The summed E-state index contributed by atoms with van der Waals surface area (Å²) in [4.78, 5) is 35.1. The van der Waals surface area contributed by atoms with Gasteiger partial charge in [-0.25, -0.2) is 9.18 Å². The lowest BCUT2D eigenvalue weighted by molar-refractivity contribution is -0.126. The molecule has 1 saturated carbocycles. The molecule has 2 aliphatic heterocycles. The van der Waals surface area contributed by atoms with Gasteiger partial charge in [-0.05, 0) is 55.2 Å². The first-order chi connectivity index (χ1) is 17.9. The van der Waals surface area contributed by atoms with Crippen LogP contribution in [0.5, 0.6) is 0 Å². The molecule has 2 aromatic carbocycles. The van der Waals surface area contributed by atoms with Crippen molar-refractivity contribution in [1.82, 2.24) is 14.5 Å². The number of anilines is 1. The number of piperazine rings is 1. The highest BCUT2D eigenvalue weighted by Gasteiger charge is 2.32. The van der Waals surface area contributed by atoms with E-state index in [-0.39, 0.29) is 29.6 Å². The maximum absolute atomic E-state index is 13.8. The highest BCUT2D eigenvalue weighted by atomic mass is 32.2. The third kappa shape index (κ3) is 4.55. The summed E-state index contributed by atoms with van der Waals surface area (Å²) in [6, 6.07) is 8.63. The van der Waals surface area contributed by atoms with Crippen molar-refractivity contribution in [2.24, 2.45) is 0 Å². The third-order valence-electron chi connectivity index (χ3n) is 7.30. The summed E-state index contributed by atoms with van der Waals surface area (Å²) in [7, 11) is 0. The summed E-state index contributed by atoms with van der Waals surface area (Å²) >= 11 is 1.70. The van der Waals surface area contributed by atoms with Crippen molar-refractivity contribution in [3.63, 3.8) is 0 Å². The summed E-state index contributed by atoms with van der Waals surface area (Å²) in [6.45, 7) is 8.35. The summed E-state index contributed by atoms with van der Waals surface area (Å²) in [5, 5.41) is 0.918. The number of rotatable bonds is 5. The van der Waals surface area contributed by atoms with Crippen LogP contribution in [-0.4, -0.2) is 64.5 Å². The van der Waals surface area contributed by atoms with Crippen molar-refractivity contribution in [1.29, 1.82) is 0 Å². The molecule has 1 amide bonds. The minimum absolute atomic E-state index is 0.0843. The molecule has 0 bridgehead atoms. The summed E-state index contributed by atoms with van der Waals surface area (Å²) in [5.74, 6) is 1.01. The molecular formula is C28H29FN4O3S. The molecule has 1 unspecified atom stereocenters. The zero-order valence-corrected chi connectivity index (χ0v) is 21.6. The standard InChI is InChI=1S/C28H29FN4O3S/c1-3-23(34)31-10-12-32(13-11-31)27-22-14-17(2)24(18-4-6-19(29)7-5-18)26-25(22)33(28(35)30-27)15-21(16-37-26)36-20-8-9-20/h3-7,14,20-21H,1,8-13,15-16H2,2H3. The van der Waals surface area contributed by atoms with Gasteiger partial charge >= 0.3 is 5.69 Å². The van der Waals surface area contributed by atoms with Crippen molar-refractivity contribution >= 4 is 34.4 Å². The van der Waals surface area contributed by atoms with Crippen LogP contribution in [0, 0.1) is 12.7 Å². The van der Waals surface area contributed by atoms with E-state index in [1.807, 2.05) is 0 Å². The quantitative estimate of drug-likeness (QED) is 0.474. The fourth-order valence-electron chi connectivity index (χ4n) is 5.31. The molecule has 0 N–H and O–H groups in total. The second-order valence-corrected chi connectivity index (χ2v) is 10.9. The van der Waals surface area contributed by atoms with E-state index in [9.17, 15) is 14.0 Å². The van der Waals surface area contributed by atoms with Crippen LogP contribution in [0.3, 0.4) is 0 Å². The molecule has 1 aliphatic carbocycles. The average Bonchev–Trinajstić information content (AvgIpc) is 3.74. The number of aromatic nitrogens is 2. The molecule has 3 aromatic rings. The van der Waals surface area contributed by atoms with Crippen molar-refractivity contribution in [3.05, 3.63) is 64.9 Å². The molecule has 192 valence electrons. The lowest BCUT2D eigenvalue weighted by Crippen LogP contribution is -2.49. The number of amides is 1. The van der Waals surface area contributed by atoms with Gasteiger partial charge in [0.2, 0.25) is 5.91 Å². The van der Waals surface area contributed by atoms with Crippen LogP contribution in [0.25, 0.3) is 22.0 Å². The van der Waals surface area contributed by atoms with Crippen LogP contribution >= 0.6 is 11.8 Å². The van der Waals surface area contributed by atoms with Gasteiger partial charge < -0.3 is 14.5 Å². The van der Waals surface area contributed by atoms with Crippen LogP contribution in [0.15, 0.2) is 52.7 Å². The number of carbonyl (C=O) groups excluding carboxylic acids is 1. The Morgan fingerprint density at radius 3 is 2.57 bits per heavy atom. The van der Waals surface area contributed by atoms with Crippen LogP contribution in [-0.2, 0) is 16.1 Å². The zero-order valence-electron chi connectivity index (χ0n) is 20.8. The van der Waals surface area contributed by atoms with Crippen LogP contribution in [0.4, 0.5) is 10.2 Å². The topological polar surface area (TPSA) is 67.7 Å². The van der Waals surface area contributed by atoms with Crippen molar-refractivity contribution in [2.45, 2.75) is 43.4 Å². The number of carbonyl (C=O) groups is 1. The second-order valence-electron chi connectivity index (χ2n) is 9.91. The van der Waals surface area contributed by atoms with Crippen LogP contribution in [0.1, 0.15) is 18.4 Å². The normalized spacial score (nSPS) is 19.7. The molecule has 7 nitrogen and oxygen atoms in total. The Bertz CT molecular complexity index is 1440. The molecule has 6 rings (SSSR count). The Morgan fingerprint density at radius 2 is 1.89 bits per heavy atom. The van der Waals surface area contributed by atoms with Gasteiger partial charge in [0.25, 0.3) is 0 Å². The van der Waals surface area contributed by atoms with E-state index < -0.39 is 0 Å². The van der Waals surface area contributed by atoms with E-state index in [0.29, 0.717) is 38.5 Å². The number of nitrogens with zero attached hydrogens (tertiary/aromatic N) is 4. The lowest BCUT2D eigenvalue weighted by atomic mass is 9.97. The SMILES string of the molecule is C=CC(=O)N1CCN(c2nc(=O)n3c4c(c(-c5ccc(F)cc5)c(C)cc24)SCC(OC2CC2)C3)CC1. The van der Waals surface area contributed by atoms with E-state index in [0.717, 1.165) is 51.1 Å². The Morgan fingerprint density at radius 1 is 1.16 bits per heavy atom. The number of hydrogen-bond acceptors (Lipinski definition) is 6. The molecule has 2 fully saturated rings. The van der Waals surface area contributed by atoms with Crippen molar-refractivity contribution < 1.29 is 13.9 Å². The first kappa shape index (κ1) is 24.2. The molecule has 3 aliphatic rings. The minimum Gasteiger partial charge on any atom is -0.372 e. The van der Waals surface area contributed by atoms with Gasteiger partial charge in [-0.15, -0.1) is 11.8 Å². The fourth-order valence-corrected chi connectivity index (χ4v) is 6.62. The summed E-state index contributed by atoms with van der Waals surface area (Å²) < 4.78 is 21.8. The predicted molar refractivity (Wildman–Crippen MR) is 144 cm³/mol. The molecule has 37 heavy (non-hydrogen) atoms. The van der Waals surface area contributed by atoms with Gasteiger partial charge in [0, 0.05) is 47.8 Å². The largest absolute Gasteiger partial charge is 0.372 e. The lowest BCUT2D eigenvalue weighted by Gasteiger charge is -2.35. The fraction of sp³-hybridized carbons (Fsp3) is 0.393. The molecular weight excluding hydrogens is 491 g/mol. The van der Waals surface area contributed by atoms with Gasteiger partial charge in [-0.3, -0.25) is 9.36 Å². The minimum atomic E-state index is -0.297. The van der Waals surface area contributed by atoms with E-state index in [4.69, 9.17) is 4.74 Å². The molecule has 1 saturated heterocycles. The van der Waals surface area contributed by atoms with Gasteiger partial charge in [-0.2, -0.15) is 4.98 Å². The number of aryl methyl sites for hydroxylation is 1. The van der Waals surface area contributed by atoms with E-state index >= 15 is 0 Å². The maximum atomic E-state index is 13.8. The Balaban J connectivity index is 1.50. The summed E-state index contributed by atoms with van der Waals surface area (Å²) in [5.41, 5.74) is 3.53. The number of hydrogen-bond donors (Lipinski definition) is 0. The number of benzene rings is 2. The number of halogens is 1. The molecule has 1 atom stereocenters. The van der Waals surface area contributed by atoms with E-state index in [2.05, 4.69) is 29.5 Å².